The van der Waals surface area contributed by atoms with Crippen molar-refractivity contribution in [3.63, 3.8) is 0 Å². The predicted molar refractivity (Wildman–Crippen MR) is 103 cm³/mol. The van der Waals surface area contributed by atoms with Crippen LogP contribution in [0.5, 0.6) is 0 Å². The lowest BCUT2D eigenvalue weighted by atomic mass is 10.2. The first-order valence-electron chi connectivity index (χ1n) is 8.86. The van der Waals surface area contributed by atoms with Gasteiger partial charge in [-0.25, -0.2) is 14.5 Å². The number of fused-ring (bicyclic) bond motifs is 4. The number of rotatable bonds is 3. The van der Waals surface area contributed by atoms with Crippen LogP contribution in [0.2, 0.25) is 0 Å². The molecule has 128 valence electrons. The van der Waals surface area contributed by atoms with Crippen LogP contribution in [0.1, 0.15) is 22.8 Å². The lowest BCUT2D eigenvalue weighted by Gasteiger charge is -2.00. The SMILES string of the molecule is Cc1ccc(C)n2cc(CCc3nc4c5ccccc5ccn4n3)nc12. The molecule has 4 aromatic heterocycles. The van der Waals surface area contributed by atoms with Crippen molar-refractivity contribution in [2.75, 3.05) is 0 Å². The van der Waals surface area contributed by atoms with Crippen molar-refractivity contribution in [3.8, 4) is 0 Å². The van der Waals surface area contributed by atoms with Crippen molar-refractivity contribution in [1.29, 1.82) is 0 Å². The first-order chi connectivity index (χ1) is 12.7. The van der Waals surface area contributed by atoms with Crippen molar-refractivity contribution in [2.24, 2.45) is 0 Å². The van der Waals surface area contributed by atoms with E-state index in [4.69, 9.17) is 9.97 Å². The van der Waals surface area contributed by atoms with Gasteiger partial charge in [-0.05, 0) is 43.4 Å². The zero-order valence-electron chi connectivity index (χ0n) is 14.8. The summed E-state index contributed by atoms with van der Waals surface area (Å²) in [6.07, 6.45) is 5.71. The summed E-state index contributed by atoms with van der Waals surface area (Å²) in [4.78, 5) is 9.55. The van der Waals surface area contributed by atoms with Crippen molar-refractivity contribution < 1.29 is 0 Å². The maximum absolute atomic E-state index is 4.79. The van der Waals surface area contributed by atoms with Crippen LogP contribution in [0.15, 0.2) is 54.9 Å². The Bertz CT molecular complexity index is 1220. The highest BCUT2D eigenvalue weighted by atomic mass is 15.3. The van der Waals surface area contributed by atoms with E-state index in [1.54, 1.807) is 0 Å². The third-order valence-corrected chi connectivity index (χ3v) is 4.94. The van der Waals surface area contributed by atoms with Gasteiger partial charge in [0.25, 0.3) is 0 Å². The Labute approximate surface area is 150 Å². The highest BCUT2D eigenvalue weighted by Crippen LogP contribution is 2.19. The monoisotopic (exact) mass is 341 g/mol. The molecule has 0 atom stereocenters. The molecule has 0 N–H and O–H groups in total. The van der Waals surface area contributed by atoms with E-state index in [0.29, 0.717) is 0 Å². The van der Waals surface area contributed by atoms with Crippen LogP contribution in [0.25, 0.3) is 22.1 Å². The molecule has 0 bridgehead atoms. The molecule has 0 saturated heterocycles. The molecular weight excluding hydrogens is 322 g/mol. The first-order valence-corrected chi connectivity index (χ1v) is 8.86. The molecule has 5 heteroatoms. The van der Waals surface area contributed by atoms with E-state index in [1.165, 1.54) is 16.6 Å². The van der Waals surface area contributed by atoms with Crippen LogP contribution in [0, 0.1) is 13.8 Å². The van der Waals surface area contributed by atoms with E-state index in [0.717, 1.165) is 41.0 Å². The molecule has 5 nitrogen and oxygen atoms in total. The zero-order valence-corrected chi connectivity index (χ0v) is 14.8. The molecule has 0 aliphatic carbocycles. The summed E-state index contributed by atoms with van der Waals surface area (Å²) in [6, 6.07) is 14.6. The topological polar surface area (TPSA) is 47.5 Å². The number of aryl methyl sites for hydroxylation is 4. The molecule has 5 aromatic rings. The lowest BCUT2D eigenvalue weighted by Crippen LogP contribution is -1.94. The van der Waals surface area contributed by atoms with Gasteiger partial charge in [0.05, 0.1) is 5.69 Å². The molecule has 0 amide bonds. The van der Waals surface area contributed by atoms with Gasteiger partial charge in [-0.3, -0.25) is 0 Å². The van der Waals surface area contributed by atoms with Crippen molar-refractivity contribution in [2.45, 2.75) is 26.7 Å². The van der Waals surface area contributed by atoms with Crippen LogP contribution in [-0.2, 0) is 12.8 Å². The van der Waals surface area contributed by atoms with Crippen LogP contribution in [-0.4, -0.2) is 24.0 Å². The Morgan fingerprint density at radius 2 is 1.77 bits per heavy atom. The summed E-state index contributed by atoms with van der Waals surface area (Å²) < 4.78 is 4.03. The highest BCUT2D eigenvalue weighted by molar-refractivity contribution is 5.93. The Hall–Kier alpha value is -3.21. The molecule has 5 rings (SSSR count). The van der Waals surface area contributed by atoms with Gasteiger partial charge in [0, 0.05) is 29.9 Å². The van der Waals surface area contributed by atoms with Gasteiger partial charge in [0.2, 0.25) is 0 Å². The summed E-state index contributed by atoms with van der Waals surface area (Å²) in [5, 5.41) is 6.96. The molecular formula is C21H19N5. The molecule has 0 radical (unpaired) electrons. The molecule has 1 aromatic carbocycles. The van der Waals surface area contributed by atoms with Gasteiger partial charge in [0.15, 0.2) is 11.5 Å². The Kier molecular flexibility index (Phi) is 3.28. The Morgan fingerprint density at radius 3 is 2.65 bits per heavy atom. The fourth-order valence-corrected chi connectivity index (χ4v) is 3.49. The number of hydrogen-bond acceptors (Lipinski definition) is 3. The molecule has 0 saturated carbocycles. The quantitative estimate of drug-likeness (QED) is 0.499. The van der Waals surface area contributed by atoms with Gasteiger partial charge in [-0.2, -0.15) is 5.10 Å². The molecule has 0 spiro atoms. The van der Waals surface area contributed by atoms with E-state index in [9.17, 15) is 0 Å². The summed E-state index contributed by atoms with van der Waals surface area (Å²) in [7, 11) is 0. The second-order valence-electron chi connectivity index (χ2n) is 6.78. The van der Waals surface area contributed by atoms with Crippen LogP contribution >= 0.6 is 0 Å². The Morgan fingerprint density at radius 1 is 0.885 bits per heavy atom. The zero-order chi connectivity index (χ0) is 17.7. The standard InChI is InChI=1S/C21H19N5/c1-14-7-8-15(2)25-13-17(22-20(14)25)9-10-19-23-21-18-6-4-3-5-16(18)11-12-26(21)24-19/h3-8,11-13H,9-10H2,1-2H3. The number of aromatic nitrogens is 5. The molecule has 26 heavy (non-hydrogen) atoms. The number of imidazole rings is 1. The van der Waals surface area contributed by atoms with E-state index in [-0.39, 0.29) is 0 Å². The molecule has 0 fully saturated rings. The third-order valence-electron chi connectivity index (χ3n) is 4.94. The average molecular weight is 341 g/mol. The minimum atomic E-state index is 0.776. The van der Waals surface area contributed by atoms with E-state index >= 15 is 0 Å². The van der Waals surface area contributed by atoms with Crippen molar-refractivity contribution in [3.05, 3.63) is 77.6 Å². The average Bonchev–Trinajstić information content (AvgIpc) is 3.28. The van der Waals surface area contributed by atoms with Crippen molar-refractivity contribution in [1.82, 2.24) is 24.0 Å². The maximum Gasteiger partial charge on any atom is 0.163 e. The number of hydrogen-bond donors (Lipinski definition) is 0. The summed E-state index contributed by atoms with van der Waals surface area (Å²) in [5.74, 6) is 0.854. The second kappa shape index (κ2) is 5.66. The molecule has 0 aliphatic rings. The first kappa shape index (κ1) is 15.1. The minimum absolute atomic E-state index is 0.776. The molecule has 4 heterocycles. The van der Waals surface area contributed by atoms with E-state index in [2.05, 4.69) is 59.9 Å². The maximum atomic E-state index is 4.79. The van der Waals surface area contributed by atoms with Gasteiger partial charge in [0.1, 0.15) is 5.65 Å². The lowest BCUT2D eigenvalue weighted by molar-refractivity contribution is 0.825. The predicted octanol–water partition coefficient (Wildman–Crippen LogP) is 3.93. The third kappa shape index (κ3) is 2.36. The molecule has 0 unspecified atom stereocenters. The van der Waals surface area contributed by atoms with Crippen molar-refractivity contribution >= 4 is 22.1 Å². The van der Waals surface area contributed by atoms with Crippen LogP contribution in [0.3, 0.4) is 0 Å². The summed E-state index contributed by atoms with van der Waals surface area (Å²) in [5.41, 5.74) is 5.42. The van der Waals surface area contributed by atoms with Crippen LogP contribution < -0.4 is 0 Å². The summed E-state index contributed by atoms with van der Waals surface area (Å²) >= 11 is 0. The van der Waals surface area contributed by atoms with Crippen LogP contribution in [0.4, 0.5) is 0 Å². The fourth-order valence-electron chi connectivity index (χ4n) is 3.49. The number of benzene rings is 1. The van der Waals surface area contributed by atoms with Gasteiger partial charge in [-0.1, -0.05) is 30.3 Å². The van der Waals surface area contributed by atoms with Gasteiger partial charge >= 0.3 is 0 Å². The number of nitrogens with zero attached hydrogens (tertiary/aromatic N) is 5. The fraction of sp³-hybridized carbons (Fsp3) is 0.190. The molecule has 0 aliphatic heterocycles. The van der Waals surface area contributed by atoms with E-state index in [1.807, 2.05) is 22.8 Å². The largest absolute Gasteiger partial charge is 0.304 e. The minimum Gasteiger partial charge on any atom is -0.304 e. The van der Waals surface area contributed by atoms with Gasteiger partial charge < -0.3 is 4.40 Å². The highest BCUT2D eigenvalue weighted by Gasteiger charge is 2.10. The normalized spacial score (nSPS) is 11.8. The number of pyridine rings is 2. The van der Waals surface area contributed by atoms with Gasteiger partial charge in [-0.15, -0.1) is 0 Å². The smallest absolute Gasteiger partial charge is 0.163 e. The second-order valence-corrected chi connectivity index (χ2v) is 6.78. The summed E-state index contributed by atoms with van der Waals surface area (Å²) in [6.45, 7) is 4.20. The Balaban J connectivity index is 1.47. The van der Waals surface area contributed by atoms with E-state index < -0.39 is 0 Å².